The number of ether oxygens (including phenoxy) is 1. The number of nitriles is 1. The molecule has 1 aliphatic rings. The maximum atomic E-state index is 13.4. The second kappa shape index (κ2) is 11.7. The number of nitrogens with zero attached hydrogens (tertiary/aromatic N) is 2. The lowest BCUT2D eigenvalue weighted by Crippen LogP contribution is -2.29. The molecule has 0 fully saturated rings. The number of ketones is 1. The van der Waals surface area contributed by atoms with Gasteiger partial charge in [0, 0.05) is 22.9 Å². The molecular weight excluding hydrogens is 537 g/mol. The zero-order chi connectivity index (χ0) is 28.3. The molecule has 1 aliphatic carbocycles. The summed E-state index contributed by atoms with van der Waals surface area (Å²) in [4.78, 5) is 43.4. The first-order valence-corrected chi connectivity index (χ1v) is 14.4. The fourth-order valence-corrected chi connectivity index (χ4v) is 6.53. The van der Waals surface area contributed by atoms with Crippen molar-refractivity contribution in [2.24, 2.45) is 5.41 Å². The molecule has 2 heterocycles. The number of nitrogens with one attached hydrogen (secondary N) is 1. The SMILES string of the molecule is CCOC(=O)c1c(-c2ccc(F)cc2)csc1NC(=O)CSc1nc2c(c(CC)c1C#N)C(=O)CC(C)(C)C2. The van der Waals surface area contributed by atoms with Crippen LogP contribution in [0.25, 0.3) is 11.1 Å². The number of rotatable bonds is 8. The lowest BCUT2D eigenvalue weighted by Gasteiger charge is -2.31. The van der Waals surface area contributed by atoms with E-state index in [-0.39, 0.29) is 29.1 Å². The third-order valence-corrected chi connectivity index (χ3v) is 8.26. The molecule has 0 bridgehead atoms. The van der Waals surface area contributed by atoms with Crippen molar-refractivity contribution >= 4 is 45.8 Å². The Morgan fingerprint density at radius 3 is 2.59 bits per heavy atom. The average molecular weight is 566 g/mol. The Morgan fingerprint density at radius 1 is 1.23 bits per heavy atom. The molecule has 0 atom stereocenters. The standard InChI is InChI=1S/C29H28FN3O4S2/c1-5-18-19(13-31)26(32-21-11-29(3,4)12-22(34)24(18)21)39-15-23(35)33-27-25(28(36)37-6-2)20(14-38-27)16-7-9-17(30)10-8-16/h7-10,14H,5-6,11-12,15H2,1-4H3,(H,33,35). The van der Waals surface area contributed by atoms with Crippen molar-refractivity contribution in [2.45, 2.75) is 52.0 Å². The number of fused-ring (bicyclic) bond motifs is 1. The minimum atomic E-state index is -0.594. The predicted octanol–water partition coefficient (Wildman–Crippen LogP) is 6.45. The van der Waals surface area contributed by atoms with Gasteiger partial charge in [-0.1, -0.05) is 44.7 Å². The van der Waals surface area contributed by atoms with Gasteiger partial charge < -0.3 is 10.1 Å². The summed E-state index contributed by atoms with van der Waals surface area (Å²) < 4.78 is 18.7. The van der Waals surface area contributed by atoms with Gasteiger partial charge in [0.05, 0.1) is 23.6 Å². The lowest BCUT2D eigenvalue weighted by molar-refractivity contribution is -0.113. The van der Waals surface area contributed by atoms with Crippen LogP contribution in [-0.4, -0.2) is 35.0 Å². The van der Waals surface area contributed by atoms with Gasteiger partial charge in [-0.2, -0.15) is 5.26 Å². The number of amides is 1. The van der Waals surface area contributed by atoms with E-state index < -0.39 is 17.7 Å². The molecule has 3 aromatic rings. The van der Waals surface area contributed by atoms with Gasteiger partial charge in [0.25, 0.3) is 0 Å². The highest BCUT2D eigenvalue weighted by atomic mass is 32.2. The number of benzene rings is 1. The molecule has 1 aromatic carbocycles. The zero-order valence-electron chi connectivity index (χ0n) is 22.1. The number of Topliss-reactive ketones (excluding diaryl/α,β-unsaturated/α-hetero) is 1. The molecule has 7 nitrogen and oxygen atoms in total. The number of carbonyl (C=O) groups excluding carboxylic acids is 3. The number of hydrogen-bond acceptors (Lipinski definition) is 8. The van der Waals surface area contributed by atoms with Crippen LogP contribution in [0.1, 0.15) is 71.7 Å². The molecule has 0 spiro atoms. The van der Waals surface area contributed by atoms with Gasteiger partial charge in [-0.15, -0.1) is 11.3 Å². The van der Waals surface area contributed by atoms with E-state index in [1.54, 1.807) is 24.4 Å². The summed E-state index contributed by atoms with van der Waals surface area (Å²) in [5.41, 5.74) is 3.33. The maximum absolute atomic E-state index is 13.4. The Balaban J connectivity index is 1.60. The fraction of sp³-hybridized carbons (Fsp3) is 0.345. The van der Waals surface area contributed by atoms with Crippen molar-refractivity contribution in [2.75, 3.05) is 17.7 Å². The number of thioether (sulfide) groups is 1. The van der Waals surface area contributed by atoms with Crippen LogP contribution >= 0.6 is 23.1 Å². The predicted molar refractivity (Wildman–Crippen MR) is 150 cm³/mol. The van der Waals surface area contributed by atoms with Gasteiger partial charge in [0.1, 0.15) is 27.5 Å². The highest BCUT2D eigenvalue weighted by Crippen LogP contribution is 2.39. The van der Waals surface area contributed by atoms with Crippen molar-refractivity contribution in [1.82, 2.24) is 4.98 Å². The molecule has 10 heteroatoms. The number of carbonyl (C=O) groups is 3. The van der Waals surface area contributed by atoms with Crippen molar-refractivity contribution in [3.8, 4) is 17.2 Å². The largest absolute Gasteiger partial charge is 0.462 e. The minimum Gasteiger partial charge on any atom is -0.462 e. The van der Waals surface area contributed by atoms with Crippen molar-refractivity contribution < 1.29 is 23.5 Å². The van der Waals surface area contributed by atoms with E-state index in [4.69, 9.17) is 4.74 Å². The molecule has 2 aromatic heterocycles. The molecule has 0 radical (unpaired) electrons. The van der Waals surface area contributed by atoms with Crippen LogP contribution in [-0.2, 0) is 22.4 Å². The van der Waals surface area contributed by atoms with E-state index in [2.05, 4.69) is 16.4 Å². The summed E-state index contributed by atoms with van der Waals surface area (Å²) in [6.07, 6.45) is 1.51. The number of halogens is 1. The van der Waals surface area contributed by atoms with Crippen LogP contribution < -0.4 is 5.32 Å². The Morgan fingerprint density at radius 2 is 1.95 bits per heavy atom. The van der Waals surface area contributed by atoms with Gasteiger partial charge in [-0.05, 0) is 48.4 Å². The molecule has 4 rings (SSSR count). The second-order valence-electron chi connectivity index (χ2n) is 9.92. The summed E-state index contributed by atoms with van der Waals surface area (Å²) in [5, 5.41) is 15.1. The number of pyridine rings is 1. The van der Waals surface area contributed by atoms with Crippen LogP contribution in [0.15, 0.2) is 34.7 Å². The fourth-order valence-electron chi connectivity index (χ4n) is 4.73. The Labute approximate surface area is 234 Å². The molecule has 0 aliphatic heterocycles. The van der Waals surface area contributed by atoms with E-state index in [0.29, 0.717) is 62.8 Å². The lowest BCUT2D eigenvalue weighted by atomic mass is 9.74. The van der Waals surface area contributed by atoms with Crippen molar-refractivity contribution in [1.29, 1.82) is 5.26 Å². The first-order chi connectivity index (χ1) is 18.6. The third-order valence-electron chi connectivity index (χ3n) is 6.39. The Kier molecular flexibility index (Phi) is 8.52. The van der Waals surface area contributed by atoms with E-state index in [0.717, 1.165) is 11.8 Å². The van der Waals surface area contributed by atoms with Crippen LogP contribution in [0.5, 0.6) is 0 Å². The van der Waals surface area contributed by atoms with Crippen LogP contribution in [0, 0.1) is 22.6 Å². The molecule has 0 saturated heterocycles. The molecule has 202 valence electrons. The van der Waals surface area contributed by atoms with E-state index in [1.165, 1.54) is 23.5 Å². The smallest absolute Gasteiger partial charge is 0.341 e. The molecule has 0 saturated carbocycles. The zero-order valence-corrected chi connectivity index (χ0v) is 23.8. The summed E-state index contributed by atoms with van der Waals surface area (Å²) in [6.45, 7) is 7.77. The molecule has 1 N–H and O–H groups in total. The highest BCUT2D eigenvalue weighted by Gasteiger charge is 2.35. The number of aromatic nitrogens is 1. The number of hydrogen-bond donors (Lipinski definition) is 1. The normalized spacial score (nSPS) is 13.9. The summed E-state index contributed by atoms with van der Waals surface area (Å²) in [7, 11) is 0. The summed E-state index contributed by atoms with van der Waals surface area (Å²) >= 11 is 2.29. The van der Waals surface area contributed by atoms with Gasteiger partial charge in [-0.3, -0.25) is 9.59 Å². The molecule has 39 heavy (non-hydrogen) atoms. The van der Waals surface area contributed by atoms with E-state index >= 15 is 0 Å². The van der Waals surface area contributed by atoms with Crippen LogP contribution in [0.3, 0.4) is 0 Å². The quantitative estimate of drug-likeness (QED) is 0.247. The number of esters is 1. The number of anilines is 1. The topological polar surface area (TPSA) is 109 Å². The molecular formula is C29H28FN3O4S2. The molecule has 0 unspecified atom stereocenters. The van der Waals surface area contributed by atoms with Crippen LogP contribution in [0.4, 0.5) is 9.39 Å². The van der Waals surface area contributed by atoms with Gasteiger partial charge in [0.2, 0.25) is 5.91 Å². The van der Waals surface area contributed by atoms with Gasteiger partial charge in [0.15, 0.2) is 5.78 Å². The Bertz CT molecular complexity index is 1490. The monoisotopic (exact) mass is 565 g/mol. The average Bonchev–Trinajstić information content (AvgIpc) is 3.29. The van der Waals surface area contributed by atoms with Crippen molar-refractivity contribution in [3.05, 3.63) is 63.4 Å². The maximum Gasteiger partial charge on any atom is 0.341 e. The Hall–Kier alpha value is -3.55. The van der Waals surface area contributed by atoms with Crippen molar-refractivity contribution in [3.63, 3.8) is 0 Å². The second-order valence-corrected chi connectivity index (χ2v) is 11.8. The van der Waals surface area contributed by atoms with E-state index in [1.807, 2.05) is 20.8 Å². The van der Waals surface area contributed by atoms with Gasteiger partial charge in [-0.25, -0.2) is 14.2 Å². The first-order valence-electron chi connectivity index (χ1n) is 12.5. The summed E-state index contributed by atoms with van der Waals surface area (Å²) in [5.74, 6) is -1.45. The third kappa shape index (κ3) is 6.05. The van der Waals surface area contributed by atoms with Crippen LogP contribution in [0.2, 0.25) is 0 Å². The summed E-state index contributed by atoms with van der Waals surface area (Å²) in [6, 6.07) is 7.91. The minimum absolute atomic E-state index is 0.00228. The molecule has 1 amide bonds. The highest BCUT2D eigenvalue weighted by molar-refractivity contribution is 8.00. The van der Waals surface area contributed by atoms with Gasteiger partial charge >= 0.3 is 5.97 Å². The first kappa shape index (κ1) is 28.5. The van der Waals surface area contributed by atoms with E-state index in [9.17, 15) is 24.0 Å². The number of thiophene rings is 1.